The highest BCUT2D eigenvalue weighted by Crippen LogP contribution is 2.32. The van der Waals surface area contributed by atoms with Crippen LogP contribution in [-0.4, -0.2) is 37.6 Å². The Hall–Kier alpha value is -1.99. The number of urea groups is 1. The lowest BCUT2D eigenvalue weighted by atomic mass is 10.1. The molecule has 7 nitrogen and oxygen atoms in total. The van der Waals surface area contributed by atoms with E-state index >= 15 is 0 Å². The molecule has 2 aliphatic heterocycles. The topological polar surface area (TPSA) is 83.7 Å². The van der Waals surface area contributed by atoms with Crippen molar-refractivity contribution in [2.75, 3.05) is 18.5 Å². The number of carbonyl (C=O) groups is 1. The molecule has 1 aromatic rings. The van der Waals surface area contributed by atoms with Crippen LogP contribution in [0.3, 0.4) is 0 Å². The lowest BCUT2D eigenvalue weighted by Gasteiger charge is -2.34. The van der Waals surface area contributed by atoms with Crippen LogP contribution in [0.1, 0.15) is 20.3 Å². The van der Waals surface area contributed by atoms with Gasteiger partial charge in [0, 0.05) is 23.8 Å². The van der Waals surface area contributed by atoms with Crippen molar-refractivity contribution < 1.29 is 14.3 Å². The molecular weight excluding hydrogens is 284 g/mol. The van der Waals surface area contributed by atoms with Crippen molar-refractivity contribution in [3.63, 3.8) is 0 Å². The van der Waals surface area contributed by atoms with E-state index in [9.17, 15) is 4.79 Å². The number of carbonyl (C=O) groups excluding carboxylic acids is 1. The molecule has 1 aromatic carbocycles. The van der Waals surface area contributed by atoms with Crippen molar-refractivity contribution in [3.8, 4) is 11.5 Å². The van der Waals surface area contributed by atoms with Gasteiger partial charge < -0.3 is 20.1 Å². The summed E-state index contributed by atoms with van der Waals surface area (Å²) >= 11 is 0. The number of benzene rings is 1. The zero-order valence-electron chi connectivity index (χ0n) is 12.8. The zero-order chi connectivity index (χ0) is 15.5. The number of ether oxygens (including phenoxy) is 2. The molecule has 1 saturated heterocycles. The summed E-state index contributed by atoms with van der Waals surface area (Å²) < 4.78 is 11.0. The van der Waals surface area contributed by atoms with Gasteiger partial charge in [-0.15, -0.1) is 0 Å². The number of rotatable bonds is 2. The summed E-state index contributed by atoms with van der Waals surface area (Å²) in [5.41, 5.74) is 0.665. The van der Waals surface area contributed by atoms with Gasteiger partial charge in [0.25, 0.3) is 0 Å². The molecule has 120 valence electrons. The second kappa shape index (κ2) is 6.41. The first-order chi connectivity index (χ1) is 10.6. The van der Waals surface area contributed by atoms with Crippen molar-refractivity contribution in [1.82, 2.24) is 16.0 Å². The van der Waals surface area contributed by atoms with Gasteiger partial charge in [-0.25, -0.2) is 4.79 Å². The van der Waals surface area contributed by atoms with E-state index < -0.39 is 0 Å². The molecule has 22 heavy (non-hydrogen) atoms. The van der Waals surface area contributed by atoms with E-state index in [1.54, 1.807) is 18.2 Å². The molecule has 1 fully saturated rings. The molecule has 2 heterocycles. The normalized spacial score (nSPS) is 27.1. The Labute approximate surface area is 129 Å². The molecule has 3 rings (SSSR count). The van der Waals surface area contributed by atoms with Crippen LogP contribution in [0.5, 0.6) is 11.5 Å². The fourth-order valence-corrected chi connectivity index (χ4v) is 2.79. The molecule has 2 aliphatic rings. The average Bonchev–Trinajstić information content (AvgIpc) is 2.45. The van der Waals surface area contributed by atoms with Gasteiger partial charge >= 0.3 is 6.03 Å². The number of amides is 2. The predicted molar refractivity (Wildman–Crippen MR) is 83.2 cm³/mol. The van der Waals surface area contributed by atoms with E-state index in [0.717, 1.165) is 6.42 Å². The molecule has 0 radical (unpaired) electrons. The molecule has 7 heteroatoms. The third-order valence-electron chi connectivity index (χ3n) is 3.68. The monoisotopic (exact) mass is 306 g/mol. The van der Waals surface area contributed by atoms with Crippen LogP contribution >= 0.6 is 0 Å². The SMILES string of the molecule is CC1CC(C)NC(NC(=O)Nc2ccc3c(c2)OCCO3)N1. The van der Waals surface area contributed by atoms with Crippen LogP contribution in [0.4, 0.5) is 10.5 Å². The first kappa shape index (κ1) is 14.9. The van der Waals surface area contributed by atoms with Crippen LogP contribution in [-0.2, 0) is 0 Å². The number of fused-ring (bicyclic) bond motifs is 1. The molecule has 0 spiro atoms. The molecule has 2 atom stereocenters. The summed E-state index contributed by atoms with van der Waals surface area (Å²) in [4.78, 5) is 12.1. The minimum atomic E-state index is -0.275. The number of anilines is 1. The summed E-state index contributed by atoms with van der Waals surface area (Å²) in [6.07, 6.45) is 0.790. The fourth-order valence-electron chi connectivity index (χ4n) is 2.79. The Morgan fingerprint density at radius 1 is 1.14 bits per heavy atom. The van der Waals surface area contributed by atoms with Crippen LogP contribution in [0.2, 0.25) is 0 Å². The van der Waals surface area contributed by atoms with Crippen molar-refractivity contribution in [2.45, 2.75) is 38.6 Å². The van der Waals surface area contributed by atoms with Crippen LogP contribution in [0, 0.1) is 0 Å². The summed E-state index contributed by atoms with van der Waals surface area (Å²) in [6, 6.07) is 5.79. The summed E-state index contributed by atoms with van der Waals surface area (Å²) in [7, 11) is 0. The second-order valence-electron chi connectivity index (χ2n) is 5.76. The largest absolute Gasteiger partial charge is 0.486 e. The highest BCUT2D eigenvalue weighted by Gasteiger charge is 2.23. The second-order valence-corrected chi connectivity index (χ2v) is 5.76. The van der Waals surface area contributed by atoms with E-state index in [1.807, 2.05) is 0 Å². The quantitative estimate of drug-likeness (QED) is 0.660. The lowest BCUT2D eigenvalue weighted by Crippen LogP contribution is -2.64. The minimum absolute atomic E-state index is 0.240. The first-order valence-corrected chi connectivity index (χ1v) is 7.59. The molecular formula is C15H22N4O3. The van der Waals surface area contributed by atoms with Gasteiger partial charge in [0.2, 0.25) is 0 Å². The maximum absolute atomic E-state index is 12.1. The van der Waals surface area contributed by atoms with Crippen LogP contribution in [0.15, 0.2) is 18.2 Å². The first-order valence-electron chi connectivity index (χ1n) is 7.59. The number of hydrogen-bond donors (Lipinski definition) is 4. The molecule has 2 amide bonds. The van der Waals surface area contributed by atoms with E-state index in [0.29, 0.717) is 42.5 Å². The van der Waals surface area contributed by atoms with Crippen LogP contribution < -0.4 is 30.7 Å². The molecule has 0 saturated carbocycles. The number of hydrogen-bond acceptors (Lipinski definition) is 5. The van der Waals surface area contributed by atoms with Gasteiger partial charge in [0.05, 0.1) is 0 Å². The van der Waals surface area contributed by atoms with Crippen molar-refractivity contribution in [3.05, 3.63) is 18.2 Å². The fraction of sp³-hybridized carbons (Fsp3) is 0.533. The standard InChI is InChI=1S/C15H22N4O3/c1-9-7-10(2)17-14(16-9)19-15(20)18-11-3-4-12-13(8-11)22-6-5-21-12/h3-4,8-10,14,16-17H,5-7H2,1-2H3,(H2,18,19,20). The predicted octanol–water partition coefficient (Wildman–Crippen LogP) is 1.22. The van der Waals surface area contributed by atoms with Gasteiger partial charge in [-0.3, -0.25) is 10.6 Å². The highest BCUT2D eigenvalue weighted by molar-refractivity contribution is 5.89. The molecule has 4 N–H and O–H groups in total. The molecule has 0 aliphatic carbocycles. The average molecular weight is 306 g/mol. The molecule has 0 bridgehead atoms. The van der Waals surface area contributed by atoms with Gasteiger partial charge in [0.1, 0.15) is 19.5 Å². The zero-order valence-corrected chi connectivity index (χ0v) is 12.8. The summed E-state index contributed by atoms with van der Waals surface area (Å²) in [5, 5.41) is 12.2. The Morgan fingerprint density at radius 3 is 2.55 bits per heavy atom. The van der Waals surface area contributed by atoms with Crippen LogP contribution in [0.25, 0.3) is 0 Å². The Morgan fingerprint density at radius 2 is 1.82 bits per heavy atom. The Balaban J connectivity index is 1.57. The summed E-state index contributed by atoms with van der Waals surface area (Å²) in [6.45, 7) is 5.28. The van der Waals surface area contributed by atoms with Gasteiger partial charge in [-0.1, -0.05) is 0 Å². The van der Waals surface area contributed by atoms with E-state index in [4.69, 9.17) is 9.47 Å². The Kier molecular flexibility index (Phi) is 4.35. The van der Waals surface area contributed by atoms with Gasteiger partial charge in [0.15, 0.2) is 11.5 Å². The van der Waals surface area contributed by atoms with Crippen molar-refractivity contribution in [1.29, 1.82) is 0 Å². The summed E-state index contributed by atoms with van der Waals surface area (Å²) in [5.74, 6) is 1.36. The van der Waals surface area contributed by atoms with Gasteiger partial charge in [-0.2, -0.15) is 0 Å². The van der Waals surface area contributed by atoms with E-state index in [1.165, 1.54) is 0 Å². The lowest BCUT2D eigenvalue weighted by molar-refractivity contribution is 0.171. The maximum Gasteiger partial charge on any atom is 0.321 e. The van der Waals surface area contributed by atoms with Crippen molar-refractivity contribution in [2.24, 2.45) is 0 Å². The van der Waals surface area contributed by atoms with Gasteiger partial charge in [-0.05, 0) is 32.4 Å². The molecule has 0 aromatic heterocycles. The third-order valence-corrected chi connectivity index (χ3v) is 3.68. The number of nitrogens with one attached hydrogen (secondary N) is 4. The Bertz CT molecular complexity index is 542. The highest BCUT2D eigenvalue weighted by atomic mass is 16.6. The molecule has 2 unspecified atom stereocenters. The van der Waals surface area contributed by atoms with Crippen molar-refractivity contribution >= 4 is 11.7 Å². The van der Waals surface area contributed by atoms with E-state index in [2.05, 4.69) is 35.1 Å². The maximum atomic E-state index is 12.1. The third kappa shape index (κ3) is 3.61. The minimum Gasteiger partial charge on any atom is -0.486 e. The van der Waals surface area contributed by atoms with E-state index in [-0.39, 0.29) is 12.3 Å². The smallest absolute Gasteiger partial charge is 0.321 e.